The molecule has 0 aromatic carbocycles. The number of nitrogens with one attached hydrogen (secondary N) is 2. The summed E-state index contributed by atoms with van der Waals surface area (Å²) in [5.41, 5.74) is -1.77. The molecule has 12 heteroatoms. The van der Waals surface area contributed by atoms with Crippen LogP contribution in [0.25, 0.3) is 0 Å². The third-order valence-corrected chi connectivity index (χ3v) is 5.17. The van der Waals surface area contributed by atoms with E-state index in [1.807, 2.05) is 64.1 Å². The molecule has 2 atom stereocenters. The van der Waals surface area contributed by atoms with Crippen LogP contribution in [0, 0.1) is 22.7 Å². The number of amides is 2. The smallest absolute Gasteiger partial charge is 0.407 e. The number of hydrogen-bond donors (Lipinski definition) is 2. The first kappa shape index (κ1) is 38.6. The molecule has 0 saturated carbocycles. The maximum absolute atomic E-state index is 11.9. The summed E-state index contributed by atoms with van der Waals surface area (Å²) in [5, 5.41) is 5.20. The molecule has 0 radical (unpaired) electrons. The molecule has 224 valence electrons. The molecule has 0 fully saturated rings. The first-order valence-electron chi connectivity index (χ1n) is 12.3. The third kappa shape index (κ3) is 19.6. The lowest BCUT2D eigenvalue weighted by Crippen LogP contribution is -2.42. The number of alkyl halides is 2. The first-order valence-corrected chi connectivity index (χ1v) is 14.4. The van der Waals surface area contributed by atoms with Gasteiger partial charge in [0.25, 0.3) is 0 Å². The standard InChI is InChI=1S/C13H24ClNO4.C13H24INO4/c2*1-12(2,3)9(10(16)18-8-14)7-15-11(17)19-13(4,5)6/h2*9H,7-8H2,1-6H3,(H,15,17). The van der Waals surface area contributed by atoms with Gasteiger partial charge in [-0.2, -0.15) is 0 Å². The van der Waals surface area contributed by atoms with Gasteiger partial charge in [0.15, 0.2) is 6.07 Å². The monoisotopic (exact) mass is 678 g/mol. The lowest BCUT2D eigenvalue weighted by molar-refractivity contribution is -0.150. The van der Waals surface area contributed by atoms with Crippen molar-refractivity contribution in [3.63, 3.8) is 0 Å². The largest absolute Gasteiger partial charge is 0.455 e. The minimum Gasteiger partial charge on any atom is -0.455 e. The zero-order valence-corrected chi connectivity index (χ0v) is 27.9. The normalized spacial score (nSPS) is 13.6. The number of carbonyl (C=O) groups is 4. The van der Waals surface area contributed by atoms with Crippen LogP contribution in [-0.4, -0.2) is 59.1 Å². The van der Waals surface area contributed by atoms with Gasteiger partial charge in [-0.15, -0.1) is 0 Å². The summed E-state index contributed by atoms with van der Waals surface area (Å²) in [6.07, 6.45) is -1.08. The highest BCUT2D eigenvalue weighted by molar-refractivity contribution is 14.1. The highest BCUT2D eigenvalue weighted by Crippen LogP contribution is 2.27. The van der Waals surface area contributed by atoms with Gasteiger partial charge in [0, 0.05) is 13.1 Å². The second-order valence-electron chi connectivity index (χ2n) is 12.7. The van der Waals surface area contributed by atoms with E-state index in [-0.39, 0.29) is 36.0 Å². The van der Waals surface area contributed by atoms with Crippen LogP contribution in [-0.2, 0) is 28.5 Å². The quantitative estimate of drug-likeness (QED) is 0.138. The van der Waals surface area contributed by atoms with E-state index in [9.17, 15) is 19.2 Å². The van der Waals surface area contributed by atoms with Gasteiger partial charge in [0.1, 0.15) is 15.8 Å². The molecule has 10 nitrogen and oxygen atoms in total. The van der Waals surface area contributed by atoms with Gasteiger partial charge in [-0.05, 0) is 75.0 Å². The van der Waals surface area contributed by atoms with E-state index in [4.69, 9.17) is 30.5 Å². The van der Waals surface area contributed by atoms with Crippen LogP contribution in [0.3, 0.4) is 0 Å². The molecule has 2 N–H and O–H groups in total. The highest BCUT2D eigenvalue weighted by atomic mass is 127. The Balaban J connectivity index is 0. The first-order chi connectivity index (χ1) is 16.9. The van der Waals surface area contributed by atoms with Crippen LogP contribution in [0.2, 0.25) is 0 Å². The summed E-state index contributed by atoms with van der Waals surface area (Å²) in [6.45, 7) is 22.5. The van der Waals surface area contributed by atoms with Gasteiger partial charge >= 0.3 is 24.1 Å². The Hall–Kier alpha value is -1.50. The summed E-state index contributed by atoms with van der Waals surface area (Å²) < 4.78 is 20.4. The SMILES string of the molecule is CC(C)(C)OC(=O)NCC(C(=O)OCCl)C(C)(C)C.CC(C)(C)OC(=O)NCC(C(=O)OCI)C(C)(C)C. The lowest BCUT2D eigenvalue weighted by atomic mass is 9.80. The van der Waals surface area contributed by atoms with Crippen molar-refractivity contribution < 1.29 is 38.1 Å². The fourth-order valence-electron chi connectivity index (χ4n) is 2.79. The van der Waals surface area contributed by atoms with E-state index in [1.54, 1.807) is 41.5 Å². The molecule has 0 saturated heterocycles. The zero-order valence-electron chi connectivity index (χ0n) is 25.0. The predicted octanol–water partition coefficient (Wildman–Crippen LogP) is 6.02. The van der Waals surface area contributed by atoms with Crippen molar-refractivity contribution in [3.05, 3.63) is 0 Å². The van der Waals surface area contributed by atoms with Gasteiger partial charge in [0.05, 0.1) is 11.8 Å². The van der Waals surface area contributed by atoms with Crippen molar-refractivity contribution in [3.8, 4) is 0 Å². The number of hydrogen-bond acceptors (Lipinski definition) is 8. The molecule has 0 spiro atoms. The Labute approximate surface area is 247 Å². The molecular weight excluding hydrogens is 631 g/mol. The van der Waals surface area contributed by atoms with Crippen molar-refractivity contribution in [2.45, 2.75) is 94.3 Å². The van der Waals surface area contributed by atoms with Crippen LogP contribution < -0.4 is 10.6 Å². The van der Waals surface area contributed by atoms with Crippen molar-refractivity contribution in [2.24, 2.45) is 22.7 Å². The Morgan fingerprint density at radius 2 is 0.974 bits per heavy atom. The summed E-state index contributed by atoms with van der Waals surface area (Å²) in [6, 6.07) is -0.197. The number of halogens is 2. The molecule has 0 aliphatic carbocycles. The Bertz CT molecular complexity index is 701. The summed E-state index contributed by atoms with van der Waals surface area (Å²) in [5.74, 6) is -1.63. The minimum absolute atomic E-state index is 0.147. The Kier molecular flexibility index (Phi) is 16.9. The molecule has 0 aromatic heterocycles. The minimum atomic E-state index is -0.571. The van der Waals surface area contributed by atoms with Crippen LogP contribution in [0.15, 0.2) is 0 Å². The van der Waals surface area contributed by atoms with Crippen molar-refractivity contribution in [2.75, 3.05) is 23.8 Å². The van der Waals surface area contributed by atoms with Crippen molar-refractivity contribution >= 4 is 58.3 Å². The van der Waals surface area contributed by atoms with Gasteiger partial charge in [-0.25, -0.2) is 9.59 Å². The number of rotatable bonds is 8. The van der Waals surface area contributed by atoms with Gasteiger partial charge < -0.3 is 29.6 Å². The zero-order chi connectivity index (χ0) is 30.5. The van der Waals surface area contributed by atoms with E-state index >= 15 is 0 Å². The third-order valence-electron chi connectivity index (χ3n) is 4.75. The highest BCUT2D eigenvalue weighted by Gasteiger charge is 2.34. The summed E-state index contributed by atoms with van der Waals surface area (Å²) in [7, 11) is 0. The van der Waals surface area contributed by atoms with Crippen molar-refractivity contribution in [1.82, 2.24) is 10.6 Å². The molecule has 2 unspecified atom stereocenters. The lowest BCUT2D eigenvalue weighted by Gasteiger charge is -2.29. The maximum atomic E-state index is 11.9. The molecule has 2 amide bonds. The van der Waals surface area contributed by atoms with Crippen molar-refractivity contribution in [1.29, 1.82) is 0 Å². The van der Waals surface area contributed by atoms with E-state index in [2.05, 4.69) is 10.6 Å². The van der Waals surface area contributed by atoms with E-state index in [0.717, 1.165) is 0 Å². The molecule has 38 heavy (non-hydrogen) atoms. The predicted molar refractivity (Wildman–Crippen MR) is 156 cm³/mol. The Morgan fingerprint density at radius 1 is 0.658 bits per heavy atom. The van der Waals surface area contributed by atoms with Crippen LogP contribution in [0.4, 0.5) is 9.59 Å². The van der Waals surface area contributed by atoms with Gasteiger partial charge in [0.2, 0.25) is 0 Å². The molecule has 0 bridgehead atoms. The number of alkyl carbamates (subject to hydrolysis) is 2. The maximum Gasteiger partial charge on any atom is 0.407 e. The molecule has 0 aromatic rings. The van der Waals surface area contributed by atoms with Gasteiger partial charge in [-0.3, -0.25) is 9.59 Å². The van der Waals surface area contributed by atoms with Gasteiger partial charge in [-0.1, -0.05) is 53.1 Å². The number of carbonyl (C=O) groups excluding carboxylic acids is 4. The second kappa shape index (κ2) is 16.6. The summed E-state index contributed by atoms with van der Waals surface area (Å²) >= 11 is 7.35. The molecule has 0 rings (SSSR count). The van der Waals surface area contributed by atoms with E-state index < -0.39 is 41.2 Å². The molecular formula is C26H48ClIN2O8. The fourth-order valence-corrected chi connectivity index (χ4v) is 3.21. The van der Waals surface area contributed by atoms with Crippen LogP contribution in [0.1, 0.15) is 83.1 Å². The van der Waals surface area contributed by atoms with Crippen LogP contribution >= 0.6 is 34.2 Å². The molecule has 0 heterocycles. The average Bonchev–Trinajstić information content (AvgIpc) is 2.64. The second-order valence-corrected chi connectivity index (χ2v) is 13.6. The average molecular weight is 679 g/mol. The topological polar surface area (TPSA) is 129 Å². The molecule has 0 aliphatic heterocycles. The number of esters is 2. The van der Waals surface area contributed by atoms with E-state index in [1.165, 1.54) is 0 Å². The fraction of sp³-hybridized carbons (Fsp3) is 0.846. The molecule has 0 aliphatic rings. The van der Waals surface area contributed by atoms with E-state index in [0.29, 0.717) is 4.61 Å². The van der Waals surface area contributed by atoms with Crippen LogP contribution in [0.5, 0.6) is 0 Å². The summed E-state index contributed by atoms with van der Waals surface area (Å²) in [4.78, 5) is 46.8. The number of ether oxygens (including phenoxy) is 4. The Morgan fingerprint density at radius 3 is 1.21 bits per heavy atom.